The number of thioether (sulfide) groups is 1. The van der Waals surface area contributed by atoms with Crippen LogP contribution in [0.4, 0.5) is 0 Å². The molecule has 3 aromatic rings. The first-order chi connectivity index (χ1) is 9.81. The quantitative estimate of drug-likeness (QED) is 0.566. The van der Waals surface area contributed by atoms with Crippen molar-refractivity contribution in [3.8, 4) is 0 Å². The number of fused-ring (bicyclic) bond motifs is 1. The van der Waals surface area contributed by atoms with Gasteiger partial charge in [0.1, 0.15) is 5.82 Å². The molecule has 0 aliphatic heterocycles. The van der Waals surface area contributed by atoms with Gasteiger partial charge >= 0.3 is 0 Å². The topological polar surface area (TPSA) is 85.4 Å². The Labute approximate surface area is 119 Å². The van der Waals surface area contributed by atoms with Gasteiger partial charge in [-0.05, 0) is 25.0 Å². The van der Waals surface area contributed by atoms with Gasteiger partial charge in [-0.15, -0.1) is 10.2 Å². The van der Waals surface area contributed by atoms with Crippen molar-refractivity contribution in [3.05, 3.63) is 35.9 Å². The molecule has 2 aromatic heterocycles. The Bertz CT molecular complexity index is 724. The van der Waals surface area contributed by atoms with Crippen molar-refractivity contribution in [1.29, 1.82) is 0 Å². The van der Waals surface area contributed by atoms with Crippen LogP contribution in [-0.4, -0.2) is 24.8 Å². The maximum absolute atomic E-state index is 6.02. The fourth-order valence-electron chi connectivity index (χ4n) is 2.21. The second kappa shape index (κ2) is 4.52. The summed E-state index contributed by atoms with van der Waals surface area (Å²) in [5.74, 6) is 9.06. The third-order valence-electron chi connectivity index (χ3n) is 3.41. The van der Waals surface area contributed by atoms with Crippen molar-refractivity contribution >= 4 is 22.8 Å². The van der Waals surface area contributed by atoms with E-state index in [0.29, 0.717) is 11.7 Å². The number of hydrogen-bond donors (Lipinski definition) is 2. The first kappa shape index (κ1) is 11.8. The average molecular weight is 286 g/mol. The molecule has 102 valence electrons. The molecular formula is C13H14N6S. The number of nitrogens with zero attached hydrogens (tertiary/aromatic N) is 4. The number of nitrogens with one attached hydrogen (secondary N) is 1. The van der Waals surface area contributed by atoms with Crippen LogP contribution in [-0.2, 0) is 5.75 Å². The van der Waals surface area contributed by atoms with Gasteiger partial charge in [0.2, 0.25) is 5.16 Å². The highest BCUT2D eigenvalue weighted by Crippen LogP contribution is 2.39. The lowest BCUT2D eigenvalue weighted by atomic mass is 10.3. The van der Waals surface area contributed by atoms with Gasteiger partial charge in [-0.3, -0.25) is 0 Å². The van der Waals surface area contributed by atoms with E-state index in [1.807, 2.05) is 24.3 Å². The number of H-pyrrole nitrogens is 1. The molecule has 1 aliphatic rings. The monoisotopic (exact) mass is 286 g/mol. The predicted molar refractivity (Wildman–Crippen MR) is 77.8 cm³/mol. The van der Waals surface area contributed by atoms with Crippen molar-refractivity contribution in [3.63, 3.8) is 0 Å². The molecule has 0 spiro atoms. The minimum absolute atomic E-state index is 0.507. The van der Waals surface area contributed by atoms with Gasteiger partial charge in [-0.25, -0.2) is 9.66 Å². The maximum atomic E-state index is 6.02. The molecule has 20 heavy (non-hydrogen) atoms. The van der Waals surface area contributed by atoms with Gasteiger partial charge in [0, 0.05) is 5.92 Å². The second-order valence-electron chi connectivity index (χ2n) is 4.97. The molecule has 0 unspecified atom stereocenters. The summed E-state index contributed by atoms with van der Waals surface area (Å²) in [6.45, 7) is 0. The Hall–Kier alpha value is -2.02. The largest absolute Gasteiger partial charge is 0.341 e. The molecule has 0 radical (unpaired) electrons. The van der Waals surface area contributed by atoms with E-state index in [9.17, 15) is 0 Å². The van der Waals surface area contributed by atoms with Gasteiger partial charge < -0.3 is 10.8 Å². The third kappa shape index (κ3) is 2.03. The number of hydrogen-bond acceptors (Lipinski definition) is 5. The number of rotatable bonds is 4. The van der Waals surface area contributed by atoms with Gasteiger partial charge in [0.15, 0.2) is 5.82 Å². The predicted octanol–water partition coefficient (Wildman–Crippen LogP) is 2.04. The normalized spacial score (nSPS) is 15.0. The van der Waals surface area contributed by atoms with Crippen molar-refractivity contribution in [1.82, 2.24) is 24.8 Å². The molecular weight excluding hydrogens is 272 g/mol. The summed E-state index contributed by atoms with van der Waals surface area (Å²) in [6, 6.07) is 8.00. The Balaban J connectivity index is 1.52. The van der Waals surface area contributed by atoms with Crippen molar-refractivity contribution in [2.75, 3.05) is 5.84 Å². The minimum atomic E-state index is 0.507. The van der Waals surface area contributed by atoms with Crippen molar-refractivity contribution in [2.24, 2.45) is 0 Å². The average Bonchev–Trinajstić information content (AvgIpc) is 3.10. The SMILES string of the molecule is Nn1c(SCc2nc3ccccc3[nH]2)nnc1C1CC1. The van der Waals surface area contributed by atoms with E-state index < -0.39 is 0 Å². The van der Waals surface area contributed by atoms with Gasteiger partial charge in [-0.2, -0.15) is 0 Å². The molecule has 3 N–H and O–H groups in total. The molecule has 1 fully saturated rings. The van der Waals surface area contributed by atoms with Crippen LogP contribution in [0.3, 0.4) is 0 Å². The molecule has 6 nitrogen and oxygen atoms in total. The van der Waals surface area contributed by atoms with Crippen LogP contribution >= 0.6 is 11.8 Å². The van der Waals surface area contributed by atoms with Crippen LogP contribution < -0.4 is 5.84 Å². The Kier molecular flexibility index (Phi) is 2.66. The maximum Gasteiger partial charge on any atom is 0.210 e. The minimum Gasteiger partial charge on any atom is -0.341 e. The highest BCUT2D eigenvalue weighted by Gasteiger charge is 2.29. The Morgan fingerprint density at radius 1 is 1.30 bits per heavy atom. The number of imidazole rings is 1. The van der Waals surface area contributed by atoms with Crippen molar-refractivity contribution in [2.45, 2.75) is 29.7 Å². The fraction of sp³-hybridized carbons (Fsp3) is 0.308. The van der Waals surface area contributed by atoms with Crippen LogP contribution in [0.5, 0.6) is 0 Å². The van der Waals surface area contributed by atoms with Crippen LogP contribution in [0.25, 0.3) is 11.0 Å². The standard InChI is InChI=1S/C13H14N6S/c14-19-12(8-5-6-8)17-18-13(19)20-7-11-15-9-3-1-2-4-10(9)16-11/h1-4,8H,5-7,14H2,(H,15,16). The van der Waals surface area contributed by atoms with Crippen LogP contribution in [0.1, 0.15) is 30.4 Å². The number of nitrogens with two attached hydrogens (primary N) is 1. The molecule has 1 saturated carbocycles. The number of aromatic nitrogens is 5. The van der Waals surface area contributed by atoms with E-state index in [4.69, 9.17) is 5.84 Å². The highest BCUT2D eigenvalue weighted by molar-refractivity contribution is 7.98. The molecule has 0 saturated heterocycles. The van der Waals surface area contributed by atoms with Gasteiger partial charge in [0.05, 0.1) is 16.8 Å². The zero-order chi connectivity index (χ0) is 13.5. The summed E-state index contributed by atoms with van der Waals surface area (Å²) < 4.78 is 1.62. The zero-order valence-corrected chi connectivity index (χ0v) is 11.6. The van der Waals surface area contributed by atoms with E-state index >= 15 is 0 Å². The lowest BCUT2D eigenvalue weighted by Gasteiger charge is -2.01. The highest BCUT2D eigenvalue weighted by atomic mass is 32.2. The van der Waals surface area contributed by atoms with Gasteiger partial charge in [-0.1, -0.05) is 23.9 Å². The molecule has 7 heteroatoms. The summed E-state index contributed by atoms with van der Waals surface area (Å²) >= 11 is 1.55. The molecule has 0 bridgehead atoms. The molecule has 2 heterocycles. The van der Waals surface area contributed by atoms with E-state index in [1.54, 1.807) is 16.4 Å². The number of para-hydroxylation sites is 2. The number of benzene rings is 1. The summed E-state index contributed by atoms with van der Waals surface area (Å²) in [5.41, 5.74) is 2.03. The van der Waals surface area contributed by atoms with Crippen molar-refractivity contribution < 1.29 is 0 Å². The Morgan fingerprint density at radius 3 is 2.95 bits per heavy atom. The van der Waals surface area contributed by atoms with Crippen LogP contribution in [0.15, 0.2) is 29.4 Å². The summed E-state index contributed by atoms with van der Waals surface area (Å²) in [5, 5.41) is 9.07. The lowest BCUT2D eigenvalue weighted by molar-refractivity contribution is 0.789. The van der Waals surface area contributed by atoms with E-state index in [0.717, 1.165) is 27.8 Å². The van der Waals surface area contributed by atoms with Crippen LogP contribution in [0.2, 0.25) is 0 Å². The first-order valence-corrected chi connectivity index (χ1v) is 7.56. The number of aromatic amines is 1. The summed E-state index contributed by atoms with van der Waals surface area (Å²) in [4.78, 5) is 7.83. The molecule has 4 rings (SSSR count). The molecule has 0 atom stereocenters. The summed E-state index contributed by atoms with van der Waals surface area (Å²) in [7, 11) is 0. The van der Waals surface area contributed by atoms with E-state index in [2.05, 4.69) is 20.2 Å². The summed E-state index contributed by atoms with van der Waals surface area (Å²) in [6.07, 6.45) is 2.34. The van der Waals surface area contributed by atoms with E-state index in [1.165, 1.54) is 12.8 Å². The third-order valence-corrected chi connectivity index (χ3v) is 4.36. The smallest absolute Gasteiger partial charge is 0.210 e. The fourth-order valence-corrected chi connectivity index (χ4v) is 2.95. The lowest BCUT2D eigenvalue weighted by Crippen LogP contribution is -2.13. The molecule has 0 amide bonds. The number of nitrogen functional groups attached to an aromatic ring is 1. The zero-order valence-electron chi connectivity index (χ0n) is 10.8. The first-order valence-electron chi connectivity index (χ1n) is 6.58. The second-order valence-corrected chi connectivity index (χ2v) is 5.92. The van der Waals surface area contributed by atoms with Crippen LogP contribution in [0, 0.1) is 0 Å². The molecule has 1 aromatic carbocycles. The Morgan fingerprint density at radius 2 is 2.15 bits per heavy atom. The van der Waals surface area contributed by atoms with Gasteiger partial charge in [0.25, 0.3) is 0 Å². The molecule has 1 aliphatic carbocycles. The van der Waals surface area contributed by atoms with E-state index in [-0.39, 0.29) is 0 Å².